The van der Waals surface area contributed by atoms with Gasteiger partial charge in [-0.25, -0.2) is 9.97 Å². The molecule has 0 fully saturated rings. The number of aromatic nitrogens is 2. The number of methoxy groups -OCH3 is 1. The Morgan fingerprint density at radius 2 is 1.81 bits per heavy atom. The van der Waals surface area contributed by atoms with Crippen molar-refractivity contribution in [1.29, 1.82) is 0 Å². The third-order valence-corrected chi connectivity index (χ3v) is 3.30. The number of benzene rings is 2. The standard InChI is InChI=1S/C17H17N3O/c1-11-6-4-7-13(10-11)20-17-14-8-5-9-15(21-3)16(14)18-12(2)19-17/h4-10H,1-3H3,(H,18,19,20). The van der Waals surface area contributed by atoms with Crippen molar-refractivity contribution in [2.45, 2.75) is 13.8 Å². The first-order valence-corrected chi connectivity index (χ1v) is 6.82. The Morgan fingerprint density at radius 1 is 1.00 bits per heavy atom. The third kappa shape index (κ3) is 2.65. The zero-order chi connectivity index (χ0) is 14.8. The topological polar surface area (TPSA) is 47.0 Å². The van der Waals surface area contributed by atoms with Crippen molar-refractivity contribution in [1.82, 2.24) is 9.97 Å². The van der Waals surface area contributed by atoms with Gasteiger partial charge in [0.1, 0.15) is 22.9 Å². The van der Waals surface area contributed by atoms with E-state index in [-0.39, 0.29) is 0 Å². The second-order valence-corrected chi connectivity index (χ2v) is 4.97. The fourth-order valence-electron chi connectivity index (χ4n) is 2.36. The molecule has 0 aliphatic heterocycles. The molecule has 2 aromatic carbocycles. The zero-order valence-electron chi connectivity index (χ0n) is 12.3. The minimum absolute atomic E-state index is 0.710. The predicted molar refractivity (Wildman–Crippen MR) is 85.3 cm³/mol. The molecule has 1 aromatic heterocycles. The summed E-state index contributed by atoms with van der Waals surface area (Å²) < 4.78 is 5.39. The van der Waals surface area contributed by atoms with E-state index in [4.69, 9.17) is 4.74 Å². The second kappa shape index (κ2) is 5.40. The summed E-state index contributed by atoms with van der Waals surface area (Å²) in [5.74, 6) is 2.26. The SMILES string of the molecule is COc1cccc2c(Nc3cccc(C)c3)nc(C)nc12. The maximum absolute atomic E-state index is 5.39. The molecule has 0 unspecified atom stereocenters. The van der Waals surface area contributed by atoms with Crippen LogP contribution in [-0.4, -0.2) is 17.1 Å². The molecule has 0 spiro atoms. The van der Waals surface area contributed by atoms with Crippen molar-refractivity contribution in [2.24, 2.45) is 0 Å². The Bertz CT molecular complexity index is 799. The lowest BCUT2D eigenvalue weighted by Crippen LogP contribution is -2.00. The number of nitrogens with zero attached hydrogens (tertiary/aromatic N) is 2. The molecule has 3 rings (SSSR count). The van der Waals surface area contributed by atoms with Crippen LogP contribution in [0.1, 0.15) is 11.4 Å². The van der Waals surface area contributed by atoms with Gasteiger partial charge in [0.25, 0.3) is 0 Å². The van der Waals surface area contributed by atoms with Crippen LogP contribution in [0.4, 0.5) is 11.5 Å². The lowest BCUT2D eigenvalue weighted by molar-refractivity contribution is 0.419. The molecule has 0 aliphatic rings. The summed E-state index contributed by atoms with van der Waals surface area (Å²) in [5.41, 5.74) is 3.03. The number of para-hydroxylation sites is 1. The molecule has 1 N–H and O–H groups in total. The van der Waals surface area contributed by atoms with Gasteiger partial charge in [0.05, 0.1) is 7.11 Å². The van der Waals surface area contributed by atoms with Gasteiger partial charge in [0.15, 0.2) is 0 Å². The van der Waals surface area contributed by atoms with E-state index >= 15 is 0 Å². The molecule has 0 saturated carbocycles. The van der Waals surface area contributed by atoms with E-state index in [0.717, 1.165) is 28.2 Å². The van der Waals surface area contributed by atoms with Gasteiger partial charge in [0, 0.05) is 11.1 Å². The monoisotopic (exact) mass is 279 g/mol. The third-order valence-electron chi connectivity index (χ3n) is 3.30. The Morgan fingerprint density at radius 3 is 2.57 bits per heavy atom. The van der Waals surface area contributed by atoms with E-state index in [1.807, 2.05) is 37.3 Å². The fourth-order valence-corrected chi connectivity index (χ4v) is 2.36. The lowest BCUT2D eigenvalue weighted by atomic mass is 10.2. The number of aryl methyl sites for hydroxylation is 2. The van der Waals surface area contributed by atoms with Crippen LogP contribution in [0.25, 0.3) is 10.9 Å². The predicted octanol–water partition coefficient (Wildman–Crippen LogP) is 4.00. The first-order valence-electron chi connectivity index (χ1n) is 6.82. The van der Waals surface area contributed by atoms with Crippen LogP contribution in [0.5, 0.6) is 5.75 Å². The minimum Gasteiger partial charge on any atom is -0.494 e. The number of hydrogen-bond acceptors (Lipinski definition) is 4. The van der Waals surface area contributed by atoms with E-state index in [1.165, 1.54) is 5.56 Å². The maximum Gasteiger partial charge on any atom is 0.145 e. The van der Waals surface area contributed by atoms with Crippen LogP contribution in [0.3, 0.4) is 0 Å². The largest absolute Gasteiger partial charge is 0.494 e. The summed E-state index contributed by atoms with van der Waals surface area (Å²) >= 11 is 0. The number of fused-ring (bicyclic) bond motifs is 1. The normalized spacial score (nSPS) is 10.6. The van der Waals surface area contributed by atoms with Gasteiger partial charge in [0.2, 0.25) is 0 Å². The van der Waals surface area contributed by atoms with Crippen molar-refractivity contribution in [2.75, 3.05) is 12.4 Å². The summed E-state index contributed by atoms with van der Waals surface area (Å²) in [6, 6.07) is 14.0. The van der Waals surface area contributed by atoms with Crippen molar-refractivity contribution >= 4 is 22.4 Å². The van der Waals surface area contributed by atoms with Gasteiger partial charge < -0.3 is 10.1 Å². The van der Waals surface area contributed by atoms with Gasteiger partial charge in [-0.1, -0.05) is 18.2 Å². The molecule has 0 saturated heterocycles. The maximum atomic E-state index is 5.39. The molecular formula is C17H17N3O. The van der Waals surface area contributed by atoms with Gasteiger partial charge in [-0.3, -0.25) is 0 Å². The molecule has 106 valence electrons. The van der Waals surface area contributed by atoms with Crippen molar-refractivity contribution in [3.05, 3.63) is 53.9 Å². The highest BCUT2D eigenvalue weighted by Gasteiger charge is 2.10. The molecule has 4 heteroatoms. The summed E-state index contributed by atoms with van der Waals surface area (Å²) in [4.78, 5) is 9.01. The van der Waals surface area contributed by atoms with E-state index in [0.29, 0.717) is 5.82 Å². The van der Waals surface area contributed by atoms with Gasteiger partial charge in [-0.2, -0.15) is 0 Å². The summed E-state index contributed by atoms with van der Waals surface area (Å²) in [6.07, 6.45) is 0. The first-order chi connectivity index (χ1) is 10.2. The molecule has 0 atom stereocenters. The summed E-state index contributed by atoms with van der Waals surface area (Å²) in [7, 11) is 1.65. The number of nitrogens with one attached hydrogen (secondary N) is 1. The smallest absolute Gasteiger partial charge is 0.145 e. The van der Waals surface area contributed by atoms with Gasteiger partial charge in [-0.05, 0) is 43.7 Å². The lowest BCUT2D eigenvalue weighted by Gasteiger charge is -2.12. The molecule has 0 radical (unpaired) electrons. The van der Waals surface area contributed by atoms with E-state index < -0.39 is 0 Å². The average molecular weight is 279 g/mol. The number of hydrogen-bond donors (Lipinski definition) is 1. The Hall–Kier alpha value is -2.62. The Labute approximate surface area is 123 Å². The van der Waals surface area contributed by atoms with Crippen LogP contribution in [0, 0.1) is 13.8 Å². The molecule has 1 heterocycles. The Kier molecular flexibility index (Phi) is 3.44. The van der Waals surface area contributed by atoms with Crippen LogP contribution in [0.15, 0.2) is 42.5 Å². The molecule has 0 bridgehead atoms. The highest BCUT2D eigenvalue weighted by atomic mass is 16.5. The van der Waals surface area contributed by atoms with Crippen LogP contribution in [0.2, 0.25) is 0 Å². The van der Waals surface area contributed by atoms with Crippen LogP contribution in [-0.2, 0) is 0 Å². The Balaban J connectivity index is 2.14. The number of ether oxygens (including phenoxy) is 1. The highest BCUT2D eigenvalue weighted by Crippen LogP contribution is 2.29. The first kappa shape index (κ1) is 13.4. The quantitative estimate of drug-likeness (QED) is 0.787. The average Bonchev–Trinajstić information content (AvgIpc) is 2.46. The molecule has 0 aliphatic carbocycles. The van der Waals surface area contributed by atoms with Crippen molar-refractivity contribution in [3.63, 3.8) is 0 Å². The summed E-state index contributed by atoms with van der Waals surface area (Å²) in [5, 5.41) is 4.32. The summed E-state index contributed by atoms with van der Waals surface area (Å²) in [6.45, 7) is 3.95. The number of anilines is 2. The zero-order valence-corrected chi connectivity index (χ0v) is 12.3. The molecular weight excluding hydrogens is 262 g/mol. The van der Waals surface area contributed by atoms with E-state index in [2.05, 4.69) is 34.3 Å². The highest BCUT2D eigenvalue weighted by molar-refractivity contribution is 5.94. The fraction of sp³-hybridized carbons (Fsp3) is 0.176. The minimum atomic E-state index is 0.710. The van der Waals surface area contributed by atoms with Crippen molar-refractivity contribution in [3.8, 4) is 5.75 Å². The molecule has 0 amide bonds. The van der Waals surface area contributed by atoms with E-state index in [1.54, 1.807) is 7.11 Å². The molecule has 21 heavy (non-hydrogen) atoms. The number of rotatable bonds is 3. The van der Waals surface area contributed by atoms with E-state index in [9.17, 15) is 0 Å². The van der Waals surface area contributed by atoms with Crippen LogP contribution >= 0.6 is 0 Å². The second-order valence-electron chi connectivity index (χ2n) is 4.97. The molecule has 3 aromatic rings. The van der Waals surface area contributed by atoms with Crippen molar-refractivity contribution < 1.29 is 4.74 Å². The van der Waals surface area contributed by atoms with Gasteiger partial charge in [-0.15, -0.1) is 0 Å². The molecule has 4 nitrogen and oxygen atoms in total. The van der Waals surface area contributed by atoms with Crippen LogP contribution < -0.4 is 10.1 Å². The van der Waals surface area contributed by atoms with Gasteiger partial charge >= 0.3 is 0 Å².